The van der Waals surface area contributed by atoms with Gasteiger partial charge in [-0.05, 0) is 46.9 Å². The van der Waals surface area contributed by atoms with Crippen molar-refractivity contribution in [2.45, 2.75) is 12.5 Å². The van der Waals surface area contributed by atoms with Crippen LogP contribution in [0.5, 0.6) is 0 Å². The van der Waals surface area contributed by atoms with Gasteiger partial charge in [0, 0.05) is 17.7 Å². The minimum Gasteiger partial charge on any atom is -0.327 e. The van der Waals surface area contributed by atoms with E-state index in [1.54, 1.807) is 17.0 Å². The molecular formula is C28H22FNO. The number of amides is 1. The molecule has 0 aliphatic carbocycles. The van der Waals surface area contributed by atoms with Crippen LogP contribution in [-0.2, 0) is 6.42 Å². The second kappa shape index (κ2) is 8.19. The van der Waals surface area contributed by atoms with Gasteiger partial charge in [-0.1, -0.05) is 84.9 Å². The Balaban J connectivity index is 1.52. The Morgan fingerprint density at radius 2 is 1.32 bits per heavy atom. The summed E-state index contributed by atoms with van der Waals surface area (Å²) in [5, 5.41) is 0. The smallest absolute Gasteiger partial charge is 0.254 e. The van der Waals surface area contributed by atoms with Crippen LogP contribution in [0.4, 0.5) is 4.39 Å². The zero-order chi connectivity index (χ0) is 21.2. The normalized spacial score (nSPS) is 15.4. The molecule has 152 valence electrons. The number of carbonyl (C=O) groups excluding carboxylic acids is 1. The molecule has 1 aliphatic rings. The largest absolute Gasteiger partial charge is 0.327 e. The number of rotatable bonds is 3. The molecule has 1 amide bonds. The van der Waals surface area contributed by atoms with Gasteiger partial charge in [-0.2, -0.15) is 0 Å². The van der Waals surface area contributed by atoms with Crippen LogP contribution in [0, 0.1) is 5.82 Å². The van der Waals surface area contributed by atoms with E-state index >= 15 is 0 Å². The molecule has 0 aromatic heterocycles. The summed E-state index contributed by atoms with van der Waals surface area (Å²) in [6.45, 7) is 0.551. The molecule has 0 bridgehead atoms. The molecule has 2 nitrogen and oxygen atoms in total. The summed E-state index contributed by atoms with van der Waals surface area (Å²) >= 11 is 0. The Morgan fingerprint density at radius 1 is 0.710 bits per heavy atom. The Bertz CT molecular complexity index is 1220. The van der Waals surface area contributed by atoms with Gasteiger partial charge in [0.15, 0.2) is 0 Å². The average Bonchev–Trinajstić information content (AvgIpc) is 2.84. The highest BCUT2D eigenvalue weighted by atomic mass is 19.1. The van der Waals surface area contributed by atoms with Crippen molar-refractivity contribution < 1.29 is 9.18 Å². The van der Waals surface area contributed by atoms with E-state index in [1.165, 1.54) is 11.6 Å². The van der Waals surface area contributed by atoms with Crippen molar-refractivity contribution >= 4 is 5.91 Å². The van der Waals surface area contributed by atoms with Crippen LogP contribution in [0.15, 0.2) is 103 Å². The van der Waals surface area contributed by atoms with Gasteiger partial charge in [0.1, 0.15) is 5.82 Å². The highest BCUT2D eigenvalue weighted by Gasteiger charge is 2.33. The summed E-state index contributed by atoms with van der Waals surface area (Å²) in [7, 11) is 0. The molecular weight excluding hydrogens is 385 g/mol. The fourth-order valence-electron chi connectivity index (χ4n) is 4.42. The molecule has 0 saturated heterocycles. The van der Waals surface area contributed by atoms with Crippen LogP contribution in [-0.4, -0.2) is 17.4 Å². The van der Waals surface area contributed by atoms with Gasteiger partial charge in [0.05, 0.1) is 6.04 Å². The van der Waals surface area contributed by atoms with Crippen molar-refractivity contribution in [2.75, 3.05) is 6.54 Å². The molecule has 0 saturated carbocycles. The standard InChI is InChI=1S/C28H22FNO/c29-26-13-7-6-12-25(26)27-24-11-5-4-10-22(24)18-19-30(27)28(31)23-16-14-21(15-17-23)20-8-2-1-3-9-20/h1-17,27H,18-19H2/t27-/m1/s1. The van der Waals surface area contributed by atoms with Gasteiger partial charge >= 0.3 is 0 Å². The Morgan fingerprint density at radius 3 is 2.06 bits per heavy atom. The van der Waals surface area contributed by atoms with Crippen LogP contribution in [0.25, 0.3) is 11.1 Å². The molecule has 4 aromatic carbocycles. The van der Waals surface area contributed by atoms with Gasteiger partial charge in [0.2, 0.25) is 0 Å². The van der Waals surface area contributed by atoms with E-state index in [-0.39, 0.29) is 11.7 Å². The summed E-state index contributed by atoms with van der Waals surface area (Å²) in [4.78, 5) is 15.4. The number of hydrogen-bond acceptors (Lipinski definition) is 1. The van der Waals surface area contributed by atoms with E-state index in [4.69, 9.17) is 0 Å². The molecule has 31 heavy (non-hydrogen) atoms. The second-order valence-corrected chi connectivity index (χ2v) is 7.81. The minimum absolute atomic E-state index is 0.0811. The zero-order valence-electron chi connectivity index (χ0n) is 17.0. The highest BCUT2D eigenvalue weighted by molar-refractivity contribution is 5.95. The van der Waals surface area contributed by atoms with Crippen molar-refractivity contribution in [1.29, 1.82) is 0 Å². The molecule has 4 aromatic rings. The van der Waals surface area contributed by atoms with Gasteiger partial charge < -0.3 is 4.90 Å². The fraction of sp³-hybridized carbons (Fsp3) is 0.107. The molecule has 5 rings (SSSR count). The van der Waals surface area contributed by atoms with E-state index in [9.17, 15) is 9.18 Å². The lowest BCUT2D eigenvalue weighted by atomic mass is 9.87. The third kappa shape index (κ3) is 3.64. The lowest BCUT2D eigenvalue weighted by Gasteiger charge is -2.38. The predicted molar refractivity (Wildman–Crippen MR) is 121 cm³/mol. The van der Waals surface area contributed by atoms with Crippen LogP contribution in [0.2, 0.25) is 0 Å². The molecule has 0 fully saturated rings. The Labute approximate surface area is 181 Å². The number of halogens is 1. The van der Waals surface area contributed by atoms with Crippen molar-refractivity contribution in [1.82, 2.24) is 4.90 Å². The third-order valence-corrected chi connectivity index (χ3v) is 5.98. The van der Waals surface area contributed by atoms with Gasteiger partial charge in [-0.15, -0.1) is 0 Å². The molecule has 3 heteroatoms. The van der Waals surface area contributed by atoms with Gasteiger partial charge in [-0.25, -0.2) is 4.39 Å². The Kier molecular flexibility index (Phi) is 5.09. The first kappa shape index (κ1) is 19.3. The molecule has 0 unspecified atom stereocenters. The zero-order valence-corrected chi connectivity index (χ0v) is 17.0. The first-order valence-corrected chi connectivity index (χ1v) is 10.5. The molecule has 0 spiro atoms. The average molecular weight is 407 g/mol. The molecule has 0 N–H and O–H groups in total. The summed E-state index contributed by atoms with van der Waals surface area (Å²) < 4.78 is 14.8. The molecule has 0 radical (unpaired) electrons. The third-order valence-electron chi connectivity index (χ3n) is 5.98. The predicted octanol–water partition coefficient (Wildman–Crippen LogP) is 6.28. The number of benzene rings is 4. The first-order valence-electron chi connectivity index (χ1n) is 10.5. The lowest BCUT2D eigenvalue weighted by Crippen LogP contribution is -2.41. The summed E-state index contributed by atoms with van der Waals surface area (Å²) in [6, 6.07) is 32.1. The van der Waals surface area contributed by atoms with Crippen molar-refractivity contribution in [3.8, 4) is 11.1 Å². The monoisotopic (exact) mass is 407 g/mol. The number of carbonyl (C=O) groups is 1. The maximum Gasteiger partial charge on any atom is 0.254 e. The molecule has 1 heterocycles. The number of nitrogens with zero attached hydrogens (tertiary/aromatic N) is 1. The molecule has 1 atom stereocenters. The summed E-state index contributed by atoms with van der Waals surface area (Å²) in [6.07, 6.45) is 0.759. The minimum atomic E-state index is -0.438. The number of hydrogen-bond donors (Lipinski definition) is 0. The SMILES string of the molecule is O=C(c1ccc(-c2ccccc2)cc1)N1CCc2ccccc2[C@@H]1c1ccccc1F. The van der Waals surface area contributed by atoms with Crippen LogP contribution in [0.1, 0.15) is 33.1 Å². The second-order valence-electron chi connectivity index (χ2n) is 7.81. The molecule has 1 aliphatic heterocycles. The van der Waals surface area contributed by atoms with Crippen LogP contribution < -0.4 is 0 Å². The first-order chi connectivity index (χ1) is 15.2. The fourth-order valence-corrected chi connectivity index (χ4v) is 4.42. The van der Waals surface area contributed by atoms with Crippen LogP contribution in [0.3, 0.4) is 0 Å². The van der Waals surface area contributed by atoms with Crippen molar-refractivity contribution in [3.63, 3.8) is 0 Å². The van der Waals surface area contributed by atoms with Crippen LogP contribution >= 0.6 is 0 Å². The van der Waals surface area contributed by atoms with Crippen molar-refractivity contribution in [2.24, 2.45) is 0 Å². The maximum atomic E-state index is 14.8. The highest BCUT2D eigenvalue weighted by Crippen LogP contribution is 2.37. The van der Waals surface area contributed by atoms with Crippen molar-refractivity contribution in [3.05, 3.63) is 131 Å². The van der Waals surface area contributed by atoms with E-state index in [1.807, 2.05) is 78.9 Å². The van der Waals surface area contributed by atoms with Gasteiger partial charge in [-0.3, -0.25) is 4.79 Å². The van der Waals surface area contributed by atoms with E-state index in [0.717, 1.165) is 23.1 Å². The summed E-state index contributed by atoms with van der Waals surface area (Å²) in [5.74, 6) is -0.371. The van der Waals surface area contributed by atoms with E-state index < -0.39 is 6.04 Å². The van der Waals surface area contributed by atoms with Gasteiger partial charge in [0.25, 0.3) is 5.91 Å². The quantitative estimate of drug-likeness (QED) is 0.391. The number of fused-ring (bicyclic) bond motifs is 1. The van der Waals surface area contributed by atoms with E-state index in [2.05, 4.69) is 6.07 Å². The topological polar surface area (TPSA) is 20.3 Å². The lowest BCUT2D eigenvalue weighted by molar-refractivity contribution is 0.0692. The maximum absolute atomic E-state index is 14.8. The Hall–Kier alpha value is -3.72. The van der Waals surface area contributed by atoms with E-state index in [0.29, 0.717) is 17.7 Å². The summed E-state index contributed by atoms with van der Waals surface area (Å²) in [5.41, 5.74) is 5.47.